The first-order chi connectivity index (χ1) is 26.1. The van der Waals surface area contributed by atoms with Crippen LogP contribution in [0.15, 0.2) is 60.8 Å². The number of carboxylic acid groups (broad SMARTS) is 1. The van der Waals surface area contributed by atoms with E-state index in [1.165, 1.54) is 51.4 Å². The van der Waals surface area contributed by atoms with E-state index < -0.39 is 18.1 Å². The number of quaternary nitrogens is 1. The fourth-order valence-corrected chi connectivity index (χ4v) is 5.86. The molecular formula is C46H80NO7+. The molecule has 0 radical (unpaired) electrons. The second-order valence-corrected chi connectivity index (χ2v) is 15.3. The lowest BCUT2D eigenvalue weighted by Gasteiger charge is -2.31. The Hall–Kier alpha value is -2.97. The molecule has 1 N–H and O–H groups in total. The number of hydrogen-bond acceptors (Lipinski definition) is 6. The Morgan fingerprint density at radius 3 is 1.50 bits per heavy atom. The summed E-state index contributed by atoms with van der Waals surface area (Å²) in [7, 11) is 5.50. The van der Waals surface area contributed by atoms with Crippen LogP contribution in [-0.2, 0) is 28.6 Å². The predicted molar refractivity (Wildman–Crippen MR) is 224 cm³/mol. The maximum atomic E-state index is 12.7. The van der Waals surface area contributed by atoms with Crippen LogP contribution in [0, 0.1) is 0 Å². The molecule has 0 amide bonds. The van der Waals surface area contributed by atoms with Gasteiger partial charge >= 0.3 is 17.9 Å². The minimum absolute atomic E-state index is 0.0463. The molecule has 0 aliphatic heterocycles. The van der Waals surface area contributed by atoms with E-state index in [9.17, 15) is 19.5 Å². The monoisotopic (exact) mass is 759 g/mol. The van der Waals surface area contributed by atoms with Crippen LogP contribution in [0.1, 0.15) is 162 Å². The fraction of sp³-hybridized carbons (Fsp3) is 0.717. The number of carbonyl (C=O) groups is 3. The van der Waals surface area contributed by atoms with Crippen LogP contribution >= 0.6 is 0 Å². The minimum atomic E-state index is -0.883. The maximum absolute atomic E-state index is 12.7. The highest BCUT2D eigenvalue weighted by Crippen LogP contribution is 2.13. The number of esters is 2. The third-order valence-corrected chi connectivity index (χ3v) is 9.23. The van der Waals surface area contributed by atoms with Gasteiger partial charge in [-0.3, -0.25) is 9.59 Å². The number of carbonyl (C=O) groups excluding carboxylic acids is 2. The van der Waals surface area contributed by atoms with E-state index in [2.05, 4.69) is 68.5 Å². The Labute approximate surface area is 330 Å². The standard InChI is InChI=1S/C46H79NO7/c1-6-8-10-12-14-16-18-20-21-22-23-24-25-27-29-31-33-35-37-45(49)54-42(40-52-39-38-43(46(50)51)47(3,4)5)41-53-44(48)36-34-32-30-28-26-19-17-15-13-11-9-7-2/h14-18,20-24,42-43H,6-13,19,25-41H2,1-5H3/p+1/b16-14+,17-15+,20-18+,22-21+,24-23+. The van der Waals surface area contributed by atoms with E-state index in [1.54, 1.807) is 0 Å². The molecule has 0 aromatic rings. The highest BCUT2D eigenvalue weighted by molar-refractivity contribution is 5.72. The van der Waals surface area contributed by atoms with Crippen molar-refractivity contribution in [3.05, 3.63) is 60.8 Å². The van der Waals surface area contributed by atoms with Gasteiger partial charge in [0.15, 0.2) is 12.1 Å². The lowest BCUT2D eigenvalue weighted by Crippen LogP contribution is -2.50. The Kier molecular flexibility index (Phi) is 34.9. The Bertz CT molecular complexity index is 1070. The Morgan fingerprint density at radius 2 is 1.00 bits per heavy atom. The molecule has 0 spiro atoms. The lowest BCUT2D eigenvalue weighted by atomic mass is 10.1. The molecule has 0 saturated heterocycles. The average molecular weight is 759 g/mol. The number of nitrogens with zero attached hydrogens (tertiary/aromatic N) is 1. The number of hydrogen-bond donors (Lipinski definition) is 1. The summed E-state index contributed by atoms with van der Waals surface area (Å²) < 4.78 is 17.2. The normalized spacial score (nSPS) is 13.6. The molecule has 8 nitrogen and oxygen atoms in total. The lowest BCUT2D eigenvalue weighted by molar-refractivity contribution is -0.887. The second kappa shape index (κ2) is 37.0. The van der Waals surface area contributed by atoms with Crippen molar-refractivity contribution in [2.45, 2.75) is 174 Å². The van der Waals surface area contributed by atoms with Crippen LogP contribution in [0.5, 0.6) is 0 Å². The van der Waals surface area contributed by atoms with Gasteiger partial charge in [0.2, 0.25) is 0 Å². The van der Waals surface area contributed by atoms with E-state index in [1.807, 2.05) is 27.2 Å². The minimum Gasteiger partial charge on any atom is -0.477 e. The van der Waals surface area contributed by atoms with Gasteiger partial charge in [0.05, 0.1) is 34.4 Å². The van der Waals surface area contributed by atoms with Crippen molar-refractivity contribution in [2.24, 2.45) is 0 Å². The molecule has 0 fully saturated rings. The van der Waals surface area contributed by atoms with Crippen molar-refractivity contribution in [1.29, 1.82) is 0 Å². The predicted octanol–water partition coefficient (Wildman–Crippen LogP) is 11.4. The number of aliphatic carboxylic acids is 1. The molecule has 0 rings (SSSR count). The van der Waals surface area contributed by atoms with Gasteiger partial charge in [-0.2, -0.15) is 0 Å². The van der Waals surface area contributed by atoms with Crippen LogP contribution < -0.4 is 0 Å². The third kappa shape index (κ3) is 34.8. The molecule has 310 valence electrons. The van der Waals surface area contributed by atoms with Gasteiger partial charge in [-0.25, -0.2) is 4.79 Å². The summed E-state index contributed by atoms with van der Waals surface area (Å²) in [5, 5.41) is 9.61. The molecule has 0 aliphatic carbocycles. The van der Waals surface area contributed by atoms with Gasteiger partial charge in [0.1, 0.15) is 6.61 Å². The quantitative estimate of drug-likeness (QED) is 0.0221. The summed E-state index contributed by atoms with van der Waals surface area (Å²) in [6.07, 6.45) is 44.0. The van der Waals surface area contributed by atoms with Crippen LogP contribution in [0.2, 0.25) is 0 Å². The Morgan fingerprint density at radius 1 is 0.556 bits per heavy atom. The summed E-state index contributed by atoms with van der Waals surface area (Å²) in [4.78, 5) is 36.9. The van der Waals surface area contributed by atoms with Crippen molar-refractivity contribution in [3.8, 4) is 0 Å². The van der Waals surface area contributed by atoms with Crippen LogP contribution in [-0.4, -0.2) is 80.6 Å². The van der Waals surface area contributed by atoms with Gasteiger partial charge in [0.25, 0.3) is 0 Å². The van der Waals surface area contributed by atoms with Crippen molar-refractivity contribution in [3.63, 3.8) is 0 Å². The van der Waals surface area contributed by atoms with Crippen molar-refractivity contribution < 1.29 is 38.2 Å². The van der Waals surface area contributed by atoms with Crippen molar-refractivity contribution >= 4 is 17.9 Å². The number of rotatable bonds is 37. The first kappa shape index (κ1) is 51.0. The third-order valence-electron chi connectivity index (χ3n) is 9.23. The first-order valence-electron chi connectivity index (χ1n) is 21.4. The molecule has 0 heterocycles. The van der Waals surface area contributed by atoms with Gasteiger partial charge < -0.3 is 23.8 Å². The summed E-state index contributed by atoms with van der Waals surface area (Å²) >= 11 is 0. The van der Waals surface area contributed by atoms with E-state index in [4.69, 9.17) is 14.2 Å². The topological polar surface area (TPSA) is 99.1 Å². The maximum Gasteiger partial charge on any atom is 0.362 e. The smallest absolute Gasteiger partial charge is 0.362 e. The summed E-state index contributed by atoms with van der Waals surface area (Å²) in [5.41, 5.74) is 0. The number of carboxylic acids is 1. The highest BCUT2D eigenvalue weighted by atomic mass is 16.6. The van der Waals surface area contributed by atoms with Crippen molar-refractivity contribution in [1.82, 2.24) is 0 Å². The molecule has 0 bridgehead atoms. The van der Waals surface area contributed by atoms with Gasteiger partial charge in [-0.05, 0) is 64.2 Å². The van der Waals surface area contributed by atoms with E-state index in [-0.39, 0.29) is 36.2 Å². The second-order valence-electron chi connectivity index (χ2n) is 15.3. The molecule has 2 unspecified atom stereocenters. The van der Waals surface area contributed by atoms with E-state index >= 15 is 0 Å². The highest BCUT2D eigenvalue weighted by Gasteiger charge is 2.31. The van der Waals surface area contributed by atoms with E-state index in [0.29, 0.717) is 19.3 Å². The molecule has 0 aromatic carbocycles. The molecule has 54 heavy (non-hydrogen) atoms. The van der Waals surface area contributed by atoms with Gasteiger partial charge in [0, 0.05) is 19.3 Å². The zero-order valence-electron chi connectivity index (χ0n) is 35.2. The SMILES string of the molecule is CCCCC/C=C/C=C/C=C/C=C/CCCCCCCC(=O)OC(COCCC(C(=O)O)[N+](C)(C)C)COC(=O)CCCCCCC/C=C/CCCCC. The zero-order valence-corrected chi connectivity index (χ0v) is 35.2. The molecular weight excluding hydrogens is 679 g/mol. The first-order valence-corrected chi connectivity index (χ1v) is 21.4. The Balaban J connectivity index is 4.44. The summed E-state index contributed by atoms with van der Waals surface area (Å²) in [6, 6.07) is -0.622. The summed E-state index contributed by atoms with van der Waals surface area (Å²) in [5.74, 6) is -1.52. The van der Waals surface area contributed by atoms with Gasteiger partial charge in [-0.15, -0.1) is 0 Å². The molecule has 0 aromatic heterocycles. The average Bonchev–Trinajstić information content (AvgIpc) is 3.12. The molecule has 0 saturated carbocycles. The van der Waals surface area contributed by atoms with Crippen LogP contribution in [0.25, 0.3) is 0 Å². The number of likely N-dealkylation sites (N-methyl/N-ethyl adjacent to an activating group) is 1. The van der Waals surface area contributed by atoms with Gasteiger partial charge in [-0.1, -0.05) is 139 Å². The molecule has 2 atom stereocenters. The fourth-order valence-electron chi connectivity index (χ4n) is 5.86. The molecule has 8 heteroatoms. The largest absolute Gasteiger partial charge is 0.477 e. The summed E-state index contributed by atoms with van der Waals surface area (Å²) in [6.45, 7) is 4.62. The number of ether oxygens (including phenoxy) is 3. The van der Waals surface area contributed by atoms with Crippen LogP contribution in [0.3, 0.4) is 0 Å². The van der Waals surface area contributed by atoms with Crippen LogP contribution in [0.4, 0.5) is 0 Å². The zero-order chi connectivity index (χ0) is 40.0. The van der Waals surface area contributed by atoms with E-state index in [0.717, 1.165) is 77.0 Å². The number of allylic oxidation sites excluding steroid dienone is 10. The van der Waals surface area contributed by atoms with Crippen molar-refractivity contribution in [2.75, 3.05) is 41.0 Å². The molecule has 0 aliphatic rings. The number of unbranched alkanes of at least 4 members (excludes halogenated alkanes) is 16.